The molecule has 4 atom stereocenters. The Morgan fingerprint density at radius 1 is 1.26 bits per heavy atom. The Morgan fingerprint density at radius 3 is 2.84 bits per heavy atom. The Hall–Kier alpha value is -2.48. The van der Waals surface area contributed by atoms with Crippen LogP contribution in [-0.2, 0) is 11.2 Å². The van der Waals surface area contributed by atoms with E-state index in [-0.39, 0.29) is 30.0 Å². The number of carbonyl (C=O) groups is 1. The summed E-state index contributed by atoms with van der Waals surface area (Å²) >= 11 is 0. The van der Waals surface area contributed by atoms with Gasteiger partial charge in [0.15, 0.2) is 0 Å². The molecular formula is C24H27FN2O4. The van der Waals surface area contributed by atoms with Gasteiger partial charge >= 0.3 is 0 Å². The van der Waals surface area contributed by atoms with Crippen LogP contribution in [0.15, 0.2) is 42.5 Å². The number of nitrogens with zero attached hydrogens (tertiary/aromatic N) is 1. The van der Waals surface area contributed by atoms with E-state index in [9.17, 15) is 19.4 Å². The van der Waals surface area contributed by atoms with Crippen LogP contribution in [0.2, 0.25) is 0 Å². The first kappa shape index (κ1) is 20.4. The second kappa shape index (κ2) is 7.89. The van der Waals surface area contributed by atoms with Gasteiger partial charge in [-0.2, -0.15) is 0 Å². The molecule has 5 rings (SSSR count). The third-order valence-corrected chi connectivity index (χ3v) is 6.82. The third-order valence-electron chi connectivity index (χ3n) is 6.82. The smallest absolute Gasteiger partial charge is 0.224 e. The molecule has 3 N–H and O–H groups in total. The Morgan fingerprint density at radius 2 is 2.06 bits per heavy atom. The number of ether oxygens (including phenoxy) is 1. The van der Waals surface area contributed by atoms with E-state index >= 15 is 0 Å². The van der Waals surface area contributed by atoms with Gasteiger partial charge in [0.05, 0.1) is 11.7 Å². The fourth-order valence-corrected chi connectivity index (χ4v) is 5.32. The van der Waals surface area contributed by atoms with Crippen molar-refractivity contribution in [1.82, 2.24) is 4.90 Å². The fraction of sp³-hybridized carbons (Fsp3) is 0.458. The number of amides is 1. The lowest BCUT2D eigenvalue weighted by Gasteiger charge is -2.26. The number of rotatable bonds is 5. The topological polar surface area (TPSA) is 82.0 Å². The first-order valence-corrected chi connectivity index (χ1v) is 10.9. The lowest BCUT2D eigenvalue weighted by Crippen LogP contribution is -2.36. The minimum atomic E-state index is -0.998. The highest BCUT2D eigenvalue weighted by atomic mass is 19.1. The molecule has 1 amide bonds. The number of nitrogens with one attached hydrogen (secondary N) is 1. The average molecular weight is 426 g/mol. The number of fused-ring (bicyclic) bond motifs is 2. The zero-order valence-corrected chi connectivity index (χ0v) is 17.3. The molecule has 0 bridgehead atoms. The first-order chi connectivity index (χ1) is 14.9. The van der Waals surface area contributed by atoms with Crippen molar-refractivity contribution in [3.05, 3.63) is 59.4 Å². The van der Waals surface area contributed by atoms with Crippen molar-refractivity contribution in [2.45, 2.75) is 43.5 Å². The second-order valence-electron chi connectivity index (χ2n) is 9.08. The SMILES string of the molecule is O=C1CCc2cc([C@H](O)CN3C[C@H]4C[C@H](Oc5ccccc5)C[C@@]4(O)C3)c(F)cc2N1. The summed E-state index contributed by atoms with van der Waals surface area (Å²) in [6, 6.07) is 12.6. The van der Waals surface area contributed by atoms with Crippen molar-refractivity contribution in [2.75, 3.05) is 25.0 Å². The molecule has 0 aromatic heterocycles. The van der Waals surface area contributed by atoms with Crippen LogP contribution in [0.25, 0.3) is 0 Å². The maximum absolute atomic E-state index is 14.6. The quantitative estimate of drug-likeness (QED) is 0.685. The molecule has 0 unspecified atom stereocenters. The molecule has 31 heavy (non-hydrogen) atoms. The number of hydrogen-bond donors (Lipinski definition) is 3. The Labute approximate surface area is 180 Å². The van der Waals surface area contributed by atoms with Gasteiger partial charge in [-0.05, 0) is 42.7 Å². The summed E-state index contributed by atoms with van der Waals surface area (Å²) in [4.78, 5) is 13.5. The van der Waals surface area contributed by atoms with Crippen LogP contribution in [0.4, 0.5) is 10.1 Å². The van der Waals surface area contributed by atoms with Gasteiger partial charge in [0.25, 0.3) is 0 Å². The molecule has 164 valence electrons. The summed E-state index contributed by atoms with van der Waals surface area (Å²) in [7, 11) is 0. The van der Waals surface area contributed by atoms with E-state index in [2.05, 4.69) is 5.32 Å². The third kappa shape index (κ3) is 4.05. The highest BCUT2D eigenvalue weighted by Crippen LogP contribution is 2.43. The summed E-state index contributed by atoms with van der Waals surface area (Å²) in [6.45, 7) is 1.34. The number of aliphatic hydroxyl groups excluding tert-OH is 1. The van der Waals surface area contributed by atoms with E-state index in [1.165, 1.54) is 6.07 Å². The van der Waals surface area contributed by atoms with Crippen molar-refractivity contribution >= 4 is 11.6 Å². The molecule has 2 aliphatic heterocycles. The van der Waals surface area contributed by atoms with Gasteiger partial charge in [-0.3, -0.25) is 9.69 Å². The van der Waals surface area contributed by atoms with E-state index < -0.39 is 17.5 Å². The Kier molecular flexibility index (Phi) is 5.20. The number of halogens is 1. The first-order valence-electron chi connectivity index (χ1n) is 10.9. The zero-order valence-electron chi connectivity index (χ0n) is 17.3. The highest BCUT2D eigenvalue weighted by molar-refractivity contribution is 5.93. The molecule has 2 heterocycles. The van der Waals surface area contributed by atoms with Gasteiger partial charge in [-0.15, -0.1) is 0 Å². The van der Waals surface area contributed by atoms with Crippen LogP contribution in [0.1, 0.15) is 36.5 Å². The highest BCUT2D eigenvalue weighted by Gasteiger charge is 2.52. The van der Waals surface area contributed by atoms with E-state index in [0.29, 0.717) is 38.0 Å². The summed E-state index contributed by atoms with van der Waals surface area (Å²) in [5, 5.41) is 24.6. The summed E-state index contributed by atoms with van der Waals surface area (Å²) in [6.07, 6.45) is 1.17. The van der Waals surface area contributed by atoms with E-state index in [4.69, 9.17) is 4.74 Å². The van der Waals surface area contributed by atoms with Gasteiger partial charge in [-0.1, -0.05) is 18.2 Å². The fourth-order valence-electron chi connectivity index (χ4n) is 5.32. The molecule has 3 aliphatic rings. The van der Waals surface area contributed by atoms with Crippen LogP contribution >= 0.6 is 0 Å². The van der Waals surface area contributed by atoms with Crippen LogP contribution in [0.5, 0.6) is 5.75 Å². The molecule has 7 heteroatoms. The van der Waals surface area contributed by atoms with Gasteiger partial charge in [0.1, 0.15) is 17.7 Å². The number of para-hydroxylation sites is 1. The van der Waals surface area contributed by atoms with E-state index in [1.807, 2.05) is 35.2 Å². The predicted octanol–water partition coefficient (Wildman–Crippen LogP) is 2.65. The molecule has 1 aliphatic carbocycles. The van der Waals surface area contributed by atoms with E-state index in [0.717, 1.165) is 17.7 Å². The van der Waals surface area contributed by atoms with Gasteiger partial charge < -0.3 is 20.3 Å². The molecule has 1 saturated carbocycles. The van der Waals surface area contributed by atoms with Gasteiger partial charge in [0.2, 0.25) is 5.91 Å². The number of hydrogen-bond acceptors (Lipinski definition) is 5. The Bertz CT molecular complexity index is 985. The molecule has 2 aromatic rings. The standard InChI is InChI=1S/C24H27FN2O4/c25-20-10-21-15(6-7-23(29)26-21)8-19(20)22(28)13-27-12-16-9-18(11-24(16,30)14-27)31-17-4-2-1-3-5-17/h1-5,8,10,16,18,22,28,30H,6-7,9,11-14H2,(H,26,29)/t16-,18+,22-,24-/m1/s1. The number of aliphatic hydroxyl groups is 2. The van der Waals surface area contributed by atoms with Crippen molar-refractivity contribution in [3.8, 4) is 5.75 Å². The molecule has 2 aromatic carbocycles. The minimum Gasteiger partial charge on any atom is -0.490 e. The molecule has 0 radical (unpaired) electrons. The van der Waals surface area contributed by atoms with Crippen LogP contribution < -0.4 is 10.1 Å². The normalized spacial score (nSPS) is 28.7. The summed E-state index contributed by atoms with van der Waals surface area (Å²) < 4.78 is 20.6. The lowest BCUT2D eigenvalue weighted by atomic mass is 9.95. The van der Waals surface area contributed by atoms with Crippen LogP contribution in [0.3, 0.4) is 0 Å². The monoisotopic (exact) mass is 426 g/mol. The van der Waals surface area contributed by atoms with Crippen LogP contribution in [-0.4, -0.2) is 52.4 Å². The predicted molar refractivity (Wildman–Crippen MR) is 113 cm³/mol. The molecule has 6 nitrogen and oxygen atoms in total. The second-order valence-corrected chi connectivity index (χ2v) is 9.08. The van der Waals surface area contributed by atoms with Gasteiger partial charge in [0, 0.05) is 49.6 Å². The molecule has 0 spiro atoms. The number of β-amino-alcohol motifs (C(OH)–C–C–N with tert-alkyl or cyclic N) is 2. The number of likely N-dealkylation sites (tertiary alicyclic amines) is 1. The number of carbonyl (C=O) groups excluding carboxylic acids is 1. The average Bonchev–Trinajstić information content (AvgIpc) is 3.18. The lowest BCUT2D eigenvalue weighted by molar-refractivity contribution is -0.116. The van der Waals surface area contributed by atoms with Crippen molar-refractivity contribution in [1.29, 1.82) is 0 Å². The maximum atomic E-state index is 14.6. The molecular weight excluding hydrogens is 399 g/mol. The maximum Gasteiger partial charge on any atom is 0.224 e. The van der Waals surface area contributed by atoms with Crippen LogP contribution in [0, 0.1) is 11.7 Å². The molecule has 1 saturated heterocycles. The summed E-state index contributed by atoms with van der Waals surface area (Å²) in [5.41, 5.74) is 0.717. The van der Waals surface area contributed by atoms with E-state index in [1.54, 1.807) is 6.07 Å². The number of anilines is 1. The van der Waals surface area contributed by atoms with Crippen molar-refractivity contribution < 1.29 is 24.1 Å². The Balaban J connectivity index is 1.22. The number of benzene rings is 2. The largest absolute Gasteiger partial charge is 0.490 e. The minimum absolute atomic E-state index is 0.0298. The zero-order chi connectivity index (χ0) is 21.6. The number of aryl methyl sites for hydroxylation is 1. The van der Waals surface area contributed by atoms with Crippen molar-refractivity contribution in [3.63, 3.8) is 0 Å². The summed E-state index contributed by atoms with van der Waals surface area (Å²) in [5.74, 6) is 0.230. The molecule has 2 fully saturated rings. The van der Waals surface area contributed by atoms with Crippen molar-refractivity contribution in [2.24, 2.45) is 5.92 Å². The van der Waals surface area contributed by atoms with Gasteiger partial charge in [-0.25, -0.2) is 4.39 Å².